The van der Waals surface area contributed by atoms with Gasteiger partial charge in [0.05, 0.1) is 0 Å². The summed E-state index contributed by atoms with van der Waals surface area (Å²) in [4.78, 5) is 0. The highest BCUT2D eigenvalue weighted by Gasteiger charge is 2.05. The fourth-order valence-electron chi connectivity index (χ4n) is 1.12. The summed E-state index contributed by atoms with van der Waals surface area (Å²) in [7, 11) is 0. The number of nitrogens with zero attached hydrogens (tertiary/aromatic N) is 1. The molecule has 1 aromatic carbocycles. The van der Waals surface area contributed by atoms with Crippen LogP contribution in [0.1, 0.15) is 0 Å². The molecule has 72 valence electrons. The van der Waals surface area contributed by atoms with Gasteiger partial charge in [-0.05, 0) is 34.1 Å². The molecule has 0 atom stereocenters. The maximum Gasteiger partial charge on any atom is 0.169 e. The molecular weight excluding hydrogens is 246 g/mol. The lowest BCUT2D eigenvalue weighted by atomic mass is 10.1. The molecule has 2 rings (SSSR count). The van der Waals surface area contributed by atoms with Crippen molar-refractivity contribution in [3.8, 4) is 11.3 Å². The van der Waals surface area contributed by atoms with E-state index < -0.39 is 0 Å². The molecule has 1 heterocycles. The van der Waals surface area contributed by atoms with Crippen molar-refractivity contribution in [3.63, 3.8) is 0 Å². The molecule has 0 bridgehead atoms. The predicted molar refractivity (Wildman–Crippen MR) is 58.5 cm³/mol. The van der Waals surface area contributed by atoms with Crippen LogP contribution < -0.4 is 11.5 Å². The van der Waals surface area contributed by atoms with Gasteiger partial charge in [-0.15, -0.1) is 0 Å². The number of aromatic nitrogens is 1. The number of hydrogen-bond acceptors (Lipinski definition) is 4. The van der Waals surface area contributed by atoms with Crippen LogP contribution in [0.3, 0.4) is 0 Å². The lowest BCUT2D eigenvalue weighted by Gasteiger charge is -1.99. The Morgan fingerprint density at radius 1 is 1.21 bits per heavy atom. The Hall–Kier alpha value is -1.49. The Labute approximate surface area is 89.0 Å². The number of nitrogen functional groups attached to an aromatic ring is 2. The third kappa shape index (κ3) is 1.58. The number of nitrogens with two attached hydrogens (primary N) is 2. The van der Waals surface area contributed by atoms with Gasteiger partial charge >= 0.3 is 0 Å². The first kappa shape index (κ1) is 9.08. The van der Waals surface area contributed by atoms with E-state index >= 15 is 0 Å². The molecule has 0 saturated carbocycles. The molecule has 1 aromatic heterocycles. The zero-order valence-corrected chi connectivity index (χ0v) is 8.78. The van der Waals surface area contributed by atoms with Gasteiger partial charge in [-0.3, -0.25) is 0 Å². The Kier molecular flexibility index (Phi) is 2.17. The molecule has 0 amide bonds. The van der Waals surface area contributed by atoms with E-state index in [-0.39, 0.29) is 0 Å². The van der Waals surface area contributed by atoms with Crippen molar-refractivity contribution < 1.29 is 4.52 Å². The summed E-state index contributed by atoms with van der Waals surface area (Å²) in [6.07, 6.45) is 0. The standard InChI is InChI=1S/C9H8BrN3O/c10-6-2-1-5(3-7(6)11)8-4-9(12)13-14-8/h1-4H,11H2,(H2,12,13). The Morgan fingerprint density at radius 3 is 2.57 bits per heavy atom. The van der Waals surface area contributed by atoms with Crippen molar-refractivity contribution in [2.45, 2.75) is 0 Å². The molecule has 0 spiro atoms. The highest BCUT2D eigenvalue weighted by atomic mass is 79.9. The molecule has 5 heteroatoms. The number of rotatable bonds is 1. The van der Waals surface area contributed by atoms with E-state index in [1.165, 1.54) is 0 Å². The van der Waals surface area contributed by atoms with Crippen molar-refractivity contribution in [1.82, 2.24) is 5.16 Å². The normalized spacial score (nSPS) is 10.4. The fraction of sp³-hybridized carbons (Fsp3) is 0. The topological polar surface area (TPSA) is 78.1 Å². The average molecular weight is 254 g/mol. The van der Waals surface area contributed by atoms with Crippen LogP contribution in [-0.2, 0) is 0 Å². The third-order valence-corrected chi connectivity index (χ3v) is 2.53. The second-order valence-electron chi connectivity index (χ2n) is 2.85. The van der Waals surface area contributed by atoms with Gasteiger partial charge in [0.2, 0.25) is 0 Å². The second-order valence-corrected chi connectivity index (χ2v) is 3.71. The minimum absolute atomic E-state index is 0.362. The largest absolute Gasteiger partial charge is 0.398 e. The number of halogens is 1. The lowest BCUT2D eigenvalue weighted by Crippen LogP contribution is -1.86. The first-order valence-electron chi connectivity index (χ1n) is 3.94. The highest BCUT2D eigenvalue weighted by Crippen LogP contribution is 2.27. The molecule has 2 aromatic rings. The molecule has 0 radical (unpaired) electrons. The van der Waals surface area contributed by atoms with E-state index in [1.807, 2.05) is 12.1 Å². The van der Waals surface area contributed by atoms with E-state index in [2.05, 4.69) is 21.1 Å². The molecule has 0 aliphatic heterocycles. The van der Waals surface area contributed by atoms with Crippen molar-refractivity contribution in [1.29, 1.82) is 0 Å². The van der Waals surface area contributed by atoms with Gasteiger partial charge in [-0.25, -0.2) is 0 Å². The summed E-state index contributed by atoms with van der Waals surface area (Å²) in [5.74, 6) is 0.975. The zero-order chi connectivity index (χ0) is 10.1. The van der Waals surface area contributed by atoms with Gasteiger partial charge in [-0.1, -0.05) is 5.16 Å². The highest BCUT2D eigenvalue weighted by molar-refractivity contribution is 9.10. The maximum atomic E-state index is 5.72. The summed E-state index contributed by atoms with van der Waals surface area (Å²) in [6.45, 7) is 0. The minimum Gasteiger partial charge on any atom is -0.398 e. The summed E-state index contributed by atoms with van der Waals surface area (Å²) in [5, 5.41) is 3.60. The number of benzene rings is 1. The van der Waals surface area contributed by atoms with Gasteiger partial charge in [0.15, 0.2) is 11.6 Å². The first-order chi connectivity index (χ1) is 6.66. The number of hydrogen-bond donors (Lipinski definition) is 2. The monoisotopic (exact) mass is 253 g/mol. The molecule has 4 N–H and O–H groups in total. The van der Waals surface area contributed by atoms with E-state index in [9.17, 15) is 0 Å². The van der Waals surface area contributed by atoms with Gasteiger partial charge < -0.3 is 16.0 Å². The third-order valence-electron chi connectivity index (χ3n) is 1.81. The van der Waals surface area contributed by atoms with Crippen LogP contribution in [0.15, 0.2) is 33.3 Å². The van der Waals surface area contributed by atoms with Crippen molar-refractivity contribution in [3.05, 3.63) is 28.7 Å². The van der Waals surface area contributed by atoms with Gasteiger partial charge in [0, 0.05) is 21.8 Å². The van der Waals surface area contributed by atoms with Crippen LogP contribution in [0.2, 0.25) is 0 Å². The molecule has 0 unspecified atom stereocenters. The SMILES string of the molecule is Nc1cc(-c2ccc(Br)c(N)c2)on1. The quantitative estimate of drug-likeness (QED) is 0.765. The molecule has 4 nitrogen and oxygen atoms in total. The van der Waals surface area contributed by atoms with Gasteiger partial charge in [0.1, 0.15) is 0 Å². The Balaban J connectivity index is 2.47. The zero-order valence-electron chi connectivity index (χ0n) is 7.20. The fourth-order valence-corrected chi connectivity index (χ4v) is 1.37. The van der Waals surface area contributed by atoms with Crippen LogP contribution in [-0.4, -0.2) is 5.16 Å². The Bertz CT molecular complexity index is 467. The number of anilines is 2. The van der Waals surface area contributed by atoms with Crippen molar-refractivity contribution in [2.75, 3.05) is 11.5 Å². The minimum atomic E-state index is 0.362. The van der Waals surface area contributed by atoms with Gasteiger partial charge in [-0.2, -0.15) is 0 Å². The van der Waals surface area contributed by atoms with E-state index in [0.29, 0.717) is 17.3 Å². The van der Waals surface area contributed by atoms with Crippen LogP contribution in [0.5, 0.6) is 0 Å². The van der Waals surface area contributed by atoms with Crippen LogP contribution in [0.25, 0.3) is 11.3 Å². The molecule has 0 aliphatic carbocycles. The molecule has 0 saturated heterocycles. The van der Waals surface area contributed by atoms with Crippen molar-refractivity contribution in [2.24, 2.45) is 0 Å². The summed E-state index contributed by atoms with van der Waals surface area (Å²) >= 11 is 3.31. The smallest absolute Gasteiger partial charge is 0.169 e. The van der Waals surface area contributed by atoms with Gasteiger partial charge in [0.25, 0.3) is 0 Å². The van der Waals surface area contributed by atoms with Crippen LogP contribution in [0.4, 0.5) is 11.5 Å². The van der Waals surface area contributed by atoms with Crippen molar-refractivity contribution >= 4 is 27.4 Å². The summed E-state index contributed by atoms with van der Waals surface area (Å²) in [6, 6.07) is 7.18. The summed E-state index contributed by atoms with van der Waals surface area (Å²) in [5.41, 5.74) is 12.7. The van der Waals surface area contributed by atoms with Crippen LogP contribution in [0, 0.1) is 0 Å². The molecular formula is C9H8BrN3O. The maximum absolute atomic E-state index is 5.72. The molecule has 14 heavy (non-hydrogen) atoms. The lowest BCUT2D eigenvalue weighted by molar-refractivity contribution is 0.436. The molecule has 0 aliphatic rings. The van der Waals surface area contributed by atoms with E-state index in [1.54, 1.807) is 12.1 Å². The van der Waals surface area contributed by atoms with Crippen LogP contribution >= 0.6 is 15.9 Å². The predicted octanol–water partition coefficient (Wildman–Crippen LogP) is 2.27. The summed E-state index contributed by atoms with van der Waals surface area (Å²) < 4.78 is 5.85. The first-order valence-corrected chi connectivity index (χ1v) is 4.74. The Morgan fingerprint density at radius 2 is 2.00 bits per heavy atom. The second kappa shape index (κ2) is 3.34. The average Bonchev–Trinajstić information content (AvgIpc) is 2.57. The van der Waals surface area contributed by atoms with E-state index in [4.69, 9.17) is 16.0 Å². The van der Waals surface area contributed by atoms with E-state index in [0.717, 1.165) is 10.0 Å². The molecule has 0 fully saturated rings.